The predicted molar refractivity (Wildman–Crippen MR) is 161 cm³/mol. The molecule has 39 heavy (non-hydrogen) atoms. The van der Waals surface area contributed by atoms with E-state index in [0.717, 1.165) is 30.8 Å². The van der Waals surface area contributed by atoms with E-state index in [1.54, 1.807) is 23.9 Å². The van der Waals surface area contributed by atoms with Crippen LogP contribution in [0, 0.1) is 5.82 Å². The number of nitrogens with zero attached hydrogens (tertiary/aromatic N) is 1. The molecule has 1 N–H and O–H groups in total. The largest absolute Gasteiger partial charge is 0.487 e. The van der Waals surface area contributed by atoms with Gasteiger partial charge < -0.3 is 19.7 Å². The number of carbonyl (C=O) groups excluding carboxylic acids is 1. The summed E-state index contributed by atoms with van der Waals surface area (Å²) in [4.78, 5) is 14.7. The maximum Gasteiger partial charge on any atom is 0.262 e. The molecule has 0 radical (unpaired) electrons. The summed E-state index contributed by atoms with van der Waals surface area (Å²) in [5, 5.41) is 4.94. The molecule has 7 heteroatoms. The van der Waals surface area contributed by atoms with Crippen LogP contribution in [0.25, 0.3) is 0 Å². The lowest BCUT2D eigenvalue weighted by molar-refractivity contribution is -0.118. The highest BCUT2D eigenvalue weighted by atomic mass is 32.2. The summed E-state index contributed by atoms with van der Waals surface area (Å²) in [6.07, 6.45) is 17.2. The first-order valence-electron chi connectivity index (χ1n) is 14.6. The molecular formula is C32H45FN2O3S. The molecule has 0 fully saturated rings. The lowest BCUT2D eigenvalue weighted by Gasteiger charge is -2.16. The molecule has 1 amide bonds. The van der Waals surface area contributed by atoms with Crippen LogP contribution in [0.3, 0.4) is 0 Å². The van der Waals surface area contributed by atoms with Gasteiger partial charge in [0.25, 0.3) is 5.91 Å². The normalized spacial score (nSPS) is 12.6. The van der Waals surface area contributed by atoms with Gasteiger partial charge in [-0.25, -0.2) is 4.39 Å². The number of carbonyl (C=O) groups is 1. The Bertz CT molecular complexity index is 1020. The third kappa shape index (κ3) is 12.4. The first kappa shape index (κ1) is 30.9. The Hall–Kier alpha value is -2.67. The second-order valence-corrected chi connectivity index (χ2v) is 11.0. The highest BCUT2D eigenvalue weighted by molar-refractivity contribution is 8.02. The Morgan fingerprint density at radius 1 is 0.923 bits per heavy atom. The third-order valence-corrected chi connectivity index (χ3v) is 7.53. The molecule has 3 rings (SSSR count). The van der Waals surface area contributed by atoms with Crippen molar-refractivity contribution in [2.24, 2.45) is 0 Å². The van der Waals surface area contributed by atoms with E-state index in [2.05, 4.69) is 28.7 Å². The molecule has 0 aromatic heterocycles. The van der Waals surface area contributed by atoms with Crippen molar-refractivity contribution in [3.8, 4) is 11.5 Å². The van der Waals surface area contributed by atoms with E-state index in [0.29, 0.717) is 12.3 Å². The highest BCUT2D eigenvalue weighted by Crippen LogP contribution is 2.30. The van der Waals surface area contributed by atoms with Crippen LogP contribution in [0.2, 0.25) is 0 Å². The number of amides is 1. The number of thioether (sulfide) groups is 1. The van der Waals surface area contributed by atoms with Gasteiger partial charge in [-0.15, -0.1) is 11.8 Å². The van der Waals surface area contributed by atoms with Crippen LogP contribution in [0.4, 0.5) is 10.1 Å². The lowest BCUT2D eigenvalue weighted by Crippen LogP contribution is -2.20. The molecule has 0 aliphatic carbocycles. The van der Waals surface area contributed by atoms with Gasteiger partial charge in [-0.2, -0.15) is 0 Å². The summed E-state index contributed by atoms with van der Waals surface area (Å²) in [5.41, 5.74) is 1.82. The minimum atomic E-state index is -0.478. The zero-order valence-corrected chi connectivity index (χ0v) is 24.3. The van der Waals surface area contributed by atoms with E-state index >= 15 is 0 Å². The summed E-state index contributed by atoms with van der Waals surface area (Å²) >= 11 is 1.76. The molecule has 0 bridgehead atoms. The van der Waals surface area contributed by atoms with Crippen LogP contribution in [0.5, 0.6) is 11.5 Å². The van der Waals surface area contributed by atoms with Gasteiger partial charge in [0.1, 0.15) is 0 Å². The maximum absolute atomic E-state index is 14.5. The smallest absolute Gasteiger partial charge is 0.262 e. The minimum Gasteiger partial charge on any atom is -0.487 e. The van der Waals surface area contributed by atoms with Crippen molar-refractivity contribution in [1.29, 1.82) is 0 Å². The second-order valence-electron chi connectivity index (χ2n) is 10.2. The van der Waals surface area contributed by atoms with E-state index in [1.165, 1.54) is 70.3 Å². The SMILES string of the molecule is CCCCCCCCCCCCCCOc1c(F)cccc1OCC(=O)Nc1cccc(CN2C=CSC2)c1. The highest BCUT2D eigenvalue weighted by Gasteiger charge is 2.14. The van der Waals surface area contributed by atoms with Gasteiger partial charge in [-0.05, 0) is 41.7 Å². The van der Waals surface area contributed by atoms with Gasteiger partial charge in [-0.3, -0.25) is 4.79 Å². The number of hydrogen-bond donors (Lipinski definition) is 1. The number of anilines is 1. The molecule has 0 atom stereocenters. The zero-order valence-electron chi connectivity index (χ0n) is 23.5. The first-order chi connectivity index (χ1) is 19.2. The fourth-order valence-corrected chi connectivity index (χ4v) is 5.30. The van der Waals surface area contributed by atoms with E-state index < -0.39 is 5.82 Å². The van der Waals surface area contributed by atoms with Crippen molar-refractivity contribution >= 4 is 23.4 Å². The van der Waals surface area contributed by atoms with Crippen LogP contribution in [-0.4, -0.2) is 29.9 Å². The van der Waals surface area contributed by atoms with Crippen LogP contribution in [0.1, 0.15) is 89.5 Å². The van der Waals surface area contributed by atoms with Gasteiger partial charge in [0, 0.05) is 18.4 Å². The zero-order chi connectivity index (χ0) is 27.5. The van der Waals surface area contributed by atoms with Crippen molar-refractivity contribution in [1.82, 2.24) is 4.90 Å². The van der Waals surface area contributed by atoms with Crippen LogP contribution >= 0.6 is 11.8 Å². The lowest BCUT2D eigenvalue weighted by atomic mass is 10.1. The first-order valence-corrected chi connectivity index (χ1v) is 15.7. The number of benzene rings is 2. The Morgan fingerprint density at radius 2 is 1.62 bits per heavy atom. The number of ether oxygens (including phenoxy) is 2. The molecular weight excluding hydrogens is 511 g/mol. The molecule has 0 saturated heterocycles. The standard InChI is InChI=1S/C32H45FN2O3S/c1-2-3-4-5-6-7-8-9-10-11-12-13-21-37-32-29(33)18-15-19-30(32)38-25-31(36)34-28-17-14-16-27(23-28)24-35-20-22-39-26-35/h14-20,22-23H,2-13,21,24-26H2,1H3,(H,34,36). The van der Waals surface area contributed by atoms with Crippen molar-refractivity contribution in [2.75, 3.05) is 24.4 Å². The fraction of sp³-hybridized carbons (Fsp3) is 0.531. The molecule has 5 nitrogen and oxygen atoms in total. The molecule has 0 unspecified atom stereocenters. The van der Waals surface area contributed by atoms with Crippen molar-refractivity contribution in [2.45, 2.75) is 90.5 Å². The summed E-state index contributed by atoms with van der Waals surface area (Å²) in [5.74, 6) is 0.471. The maximum atomic E-state index is 14.5. The van der Waals surface area contributed by atoms with Crippen molar-refractivity contribution in [3.63, 3.8) is 0 Å². The van der Waals surface area contributed by atoms with E-state index in [4.69, 9.17) is 9.47 Å². The number of hydrogen-bond acceptors (Lipinski definition) is 5. The monoisotopic (exact) mass is 556 g/mol. The Kier molecular flexibility index (Phi) is 14.7. The van der Waals surface area contributed by atoms with Crippen LogP contribution in [0.15, 0.2) is 54.1 Å². The molecule has 2 aromatic carbocycles. The number of rotatable bonds is 20. The van der Waals surface area contributed by atoms with Gasteiger partial charge >= 0.3 is 0 Å². The minimum absolute atomic E-state index is 0.0758. The van der Waals surface area contributed by atoms with E-state index in [-0.39, 0.29) is 24.0 Å². The molecule has 0 saturated carbocycles. The third-order valence-electron chi connectivity index (χ3n) is 6.74. The Labute approximate surface area is 238 Å². The Morgan fingerprint density at radius 3 is 2.31 bits per heavy atom. The number of para-hydroxylation sites is 1. The van der Waals surface area contributed by atoms with Crippen LogP contribution in [-0.2, 0) is 11.3 Å². The van der Waals surface area contributed by atoms with E-state index in [9.17, 15) is 9.18 Å². The molecule has 2 aromatic rings. The number of unbranched alkanes of at least 4 members (excludes halogenated alkanes) is 11. The summed E-state index contributed by atoms with van der Waals surface area (Å²) in [6.45, 7) is 3.24. The molecule has 1 heterocycles. The average molecular weight is 557 g/mol. The second kappa shape index (κ2) is 18.6. The van der Waals surface area contributed by atoms with E-state index in [1.807, 2.05) is 24.3 Å². The number of halogens is 1. The van der Waals surface area contributed by atoms with Gasteiger partial charge in [-0.1, -0.05) is 95.8 Å². The molecule has 0 spiro atoms. The molecule has 1 aliphatic heterocycles. The quantitative estimate of drug-likeness (QED) is 0.165. The summed E-state index contributed by atoms with van der Waals surface area (Å²) < 4.78 is 25.9. The average Bonchev–Trinajstić information content (AvgIpc) is 3.44. The van der Waals surface area contributed by atoms with Crippen molar-refractivity contribution < 1.29 is 18.7 Å². The summed E-state index contributed by atoms with van der Waals surface area (Å²) in [7, 11) is 0. The van der Waals surface area contributed by atoms with Gasteiger partial charge in [0.2, 0.25) is 0 Å². The molecule has 1 aliphatic rings. The topological polar surface area (TPSA) is 50.8 Å². The van der Waals surface area contributed by atoms with Crippen molar-refractivity contribution in [3.05, 3.63) is 65.5 Å². The fourth-order valence-electron chi connectivity index (χ4n) is 4.59. The Balaban J connectivity index is 1.32. The summed E-state index contributed by atoms with van der Waals surface area (Å²) in [6, 6.07) is 12.3. The number of nitrogens with one attached hydrogen (secondary N) is 1. The van der Waals surface area contributed by atoms with Gasteiger partial charge in [0.15, 0.2) is 23.9 Å². The molecule has 214 valence electrons. The van der Waals surface area contributed by atoms with Crippen LogP contribution < -0.4 is 14.8 Å². The van der Waals surface area contributed by atoms with Gasteiger partial charge in [0.05, 0.1) is 12.5 Å². The predicted octanol–water partition coefficient (Wildman–Crippen LogP) is 8.90.